The summed E-state index contributed by atoms with van der Waals surface area (Å²) in [6, 6.07) is 3.79. The molecule has 0 unspecified atom stereocenters. The lowest BCUT2D eigenvalue weighted by molar-refractivity contribution is 0.113. The first kappa shape index (κ1) is 16.6. The molecule has 1 rings (SSSR count). The van der Waals surface area contributed by atoms with Gasteiger partial charge in [-0.1, -0.05) is 0 Å². The minimum Gasteiger partial charge on any atom is -0.495 e. The largest absolute Gasteiger partial charge is 0.495 e. The van der Waals surface area contributed by atoms with E-state index < -0.39 is 36.1 Å². The summed E-state index contributed by atoms with van der Waals surface area (Å²) in [6.45, 7) is -2.00. The smallest absolute Gasteiger partial charge is 0.252 e. The van der Waals surface area contributed by atoms with E-state index in [9.17, 15) is 17.2 Å². The molecule has 0 aromatic heterocycles. The number of hydrogen-bond acceptors (Lipinski definition) is 5. The number of rotatable bonds is 7. The predicted molar refractivity (Wildman–Crippen MR) is 69.3 cm³/mol. The van der Waals surface area contributed by atoms with E-state index in [-0.39, 0.29) is 16.3 Å². The van der Waals surface area contributed by atoms with Gasteiger partial charge in [0.1, 0.15) is 10.6 Å². The number of methoxy groups -OCH3 is 1. The zero-order valence-electron chi connectivity index (χ0n) is 10.8. The fraction of sp³-hybridized carbons (Fsp3) is 0.455. The number of nitrogens with zero attached hydrogens (tertiary/aromatic N) is 1. The van der Waals surface area contributed by atoms with E-state index >= 15 is 0 Å². The van der Waals surface area contributed by atoms with Gasteiger partial charge in [0.05, 0.1) is 20.3 Å². The number of aliphatic hydroxyl groups excluding tert-OH is 1. The molecule has 0 spiro atoms. The molecular formula is C11H16F2N2O4S. The summed E-state index contributed by atoms with van der Waals surface area (Å²) in [5.41, 5.74) is 5.79. The number of alkyl halides is 2. The van der Waals surface area contributed by atoms with E-state index in [1.807, 2.05) is 0 Å². The molecule has 0 aliphatic carbocycles. The molecule has 1 aromatic carbocycles. The van der Waals surface area contributed by atoms with Gasteiger partial charge in [0.15, 0.2) is 0 Å². The summed E-state index contributed by atoms with van der Waals surface area (Å²) in [5, 5.41) is 8.83. The summed E-state index contributed by atoms with van der Waals surface area (Å²) in [6.07, 6.45) is -2.85. The number of halogens is 2. The maximum Gasteiger partial charge on any atom is 0.252 e. The molecule has 0 fully saturated rings. The standard InChI is InChI=1S/C11H16F2N2O4S/c1-19-9-6-8(14)2-3-10(9)20(17,18)15(4-5-16)7-11(12)13/h2-3,6,11,16H,4-5,7,14H2,1H3. The molecule has 0 aliphatic heterocycles. The van der Waals surface area contributed by atoms with Crippen LogP contribution in [0.5, 0.6) is 5.75 Å². The predicted octanol–water partition coefficient (Wildman–Crippen LogP) is 0.525. The van der Waals surface area contributed by atoms with Crippen LogP contribution in [0.25, 0.3) is 0 Å². The van der Waals surface area contributed by atoms with Crippen molar-refractivity contribution in [2.45, 2.75) is 11.3 Å². The van der Waals surface area contributed by atoms with Gasteiger partial charge in [0.25, 0.3) is 6.43 Å². The number of hydrogen-bond donors (Lipinski definition) is 2. The minimum absolute atomic E-state index is 0.0396. The van der Waals surface area contributed by atoms with Gasteiger partial charge in [-0.3, -0.25) is 0 Å². The quantitative estimate of drug-likeness (QED) is 0.717. The Morgan fingerprint density at radius 1 is 1.45 bits per heavy atom. The maximum atomic E-state index is 12.5. The maximum absolute atomic E-state index is 12.5. The van der Waals surface area contributed by atoms with Crippen LogP contribution in [0.3, 0.4) is 0 Å². The molecule has 1 aromatic rings. The lowest BCUT2D eigenvalue weighted by Crippen LogP contribution is -2.37. The lowest BCUT2D eigenvalue weighted by Gasteiger charge is -2.22. The van der Waals surface area contributed by atoms with Crippen molar-refractivity contribution in [3.05, 3.63) is 18.2 Å². The molecule has 114 valence electrons. The minimum atomic E-state index is -4.21. The van der Waals surface area contributed by atoms with Crippen LogP contribution in [0.1, 0.15) is 0 Å². The molecule has 0 saturated heterocycles. The Morgan fingerprint density at radius 2 is 2.10 bits per heavy atom. The summed E-state index contributed by atoms with van der Waals surface area (Å²) < 4.78 is 55.0. The monoisotopic (exact) mass is 310 g/mol. The van der Waals surface area contributed by atoms with E-state index in [0.29, 0.717) is 4.31 Å². The van der Waals surface area contributed by atoms with E-state index in [0.717, 1.165) is 0 Å². The molecule has 0 heterocycles. The topological polar surface area (TPSA) is 92.9 Å². The van der Waals surface area contributed by atoms with Crippen LogP contribution in [0, 0.1) is 0 Å². The summed E-state index contributed by atoms with van der Waals surface area (Å²) in [7, 11) is -2.96. The Bertz CT molecular complexity index is 551. The first-order valence-corrected chi connectivity index (χ1v) is 7.09. The molecule has 0 saturated carbocycles. The number of nitrogen functional groups attached to an aromatic ring is 1. The highest BCUT2D eigenvalue weighted by molar-refractivity contribution is 7.89. The van der Waals surface area contributed by atoms with Crippen molar-refractivity contribution >= 4 is 15.7 Å². The zero-order chi connectivity index (χ0) is 15.3. The average molecular weight is 310 g/mol. The van der Waals surface area contributed by atoms with Crippen LogP contribution in [0.4, 0.5) is 14.5 Å². The summed E-state index contributed by atoms with van der Waals surface area (Å²) >= 11 is 0. The molecule has 0 amide bonds. The van der Waals surface area contributed by atoms with Gasteiger partial charge < -0.3 is 15.6 Å². The number of anilines is 1. The Balaban J connectivity index is 3.25. The van der Waals surface area contributed by atoms with Gasteiger partial charge in [-0.25, -0.2) is 17.2 Å². The second-order valence-corrected chi connectivity index (χ2v) is 5.79. The van der Waals surface area contributed by atoms with E-state index in [1.165, 1.54) is 25.3 Å². The third-order valence-electron chi connectivity index (χ3n) is 2.50. The first-order chi connectivity index (χ1) is 9.32. The first-order valence-electron chi connectivity index (χ1n) is 5.65. The van der Waals surface area contributed by atoms with Crippen LogP contribution in [-0.2, 0) is 10.0 Å². The van der Waals surface area contributed by atoms with Gasteiger partial charge in [-0.2, -0.15) is 4.31 Å². The van der Waals surface area contributed by atoms with Crippen LogP contribution < -0.4 is 10.5 Å². The molecule has 0 bridgehead atoms. The molecule has 0 atom stereocenters. The van der Waals surface area contributed by atoms with Crippen molar-refractivity contribution in [2.24, 2.45) is 0 Å². The van der Waals surface area contributed by atoms with Crippen molar-refractivity contribution < 1.29 is 27.0 Å². The highest BCUT2D eigenvalue weighted by Gasteiger charge is 2.29. The summed E-state index contributed by atoms with van der Waals surface area (Å²) in [5.74, 6) is -0.0396. The van der Waals surface area contributed by atoms with Crippen LogP contribution in [-0.4, -0.2) is 51.1 Å². The fourth-order valence-corrected chi connectivity index (χ4v) is 3.16. The second kappa shape index (κ2) is 6.82. The highest BCUT2D eigenvalue weighted by Crippen LogP contribution is 2.28. The Labute approximate surface area is 115 Å². The van der Waals surface area contributed by atoms with Crippen molar-refractivity contribution in [2.75, 3.05) is 32.5 Å². The zero-order valence-corrected chi connectivity index (χ0v) is 11.6. The van der Waals surface area contributed by atoms with Crippen molar-refractivity contribution in [3.63, 3.8) is 0 Å². The van der Waals surface area contributed by atoms with Gasteiger partial charge in [-0.05, 0) is 12.1 Å². The van der Waals surface area contributed by atoms with Crippen LogP contribution in [0.15, 0.2) is 23.1 Å². The van der Waals surface area contributed by atoms with Gasteiger partial charge >= 0.3 is 0 Å². The molecule has 0 radical (unpaired) electrons. The molecule has 6 nitrogen and oxygen atoms in total. The fourth-order valence-electron chi connectivity index (χ4n) is 1.61. The molecule has 9 heteroatoms. The third kappa shape index (κ3) is 3.78. The van der Waals surface area contributed by atoms with Crippen LogP contribution in [0.2, 0.25) is 0 Å². The van der Waals surface area contributed by atoms with E-state index in [4.69, 9.17) is 15.6 Å². The van der Waals surface area contributed by atoms with Gasteiger partial charge in [-0.15, -0.1) is 0 Å². The molecule has 0 aliphatic rings. The Kier molecular flexibility index (Phi) is 5.66. The van der Waals surface area contributed by atoms with Crippen LogP contribution >= 0.6 is 0 Å². The Hall–Kier alpha value is -1.45. The second-order valence-electron chi connectivity index (χ2n) is 3.89. The molecular weight excluding hydrogens is 294 g/mol. The Morgan fingerprint density at radius 3 is 2.60 bits per heavy atom. The van der Waals surface area contributed by atoms with Gasteiger partial charge in [0, 0.05) is 18.3 Å². The van der Waals surface area contributed by atoms with E-state index in [2.05, 4.69) is 0 Å². The number of nitrogens with two attached hydrogens (primary N) is 1. The lowest BCUT2D eigenvalue weighted by atomic mass is 10.3. The number of ether oxygens (including phenoxy) is 1. The normalized spacial score (nSPS) is 12.1. The van der Waals surface area contributed by atoms with Gasteiger partial charge in [0.2, 0.25) is 10.0 Å². The number of aliphatic hydroxyl groups is 1. The van der Waals surface area contributed by atoms with Crippen molar-refractivity contribution in [1.82, 2.24) is 4.31 Å². The van der Waals surface area contributed by atoms with E-state index in [1.54, 1.807) is 0 Å². The number of sulfonamides is 1. The molecule has 3 N–H and O–H groups in total. The summed E-state index contributed by atoms with van der Waals surface area (Å²) in [4.78, 5) is -0.275. The molecule has 20 heavy (non-hydrogen) atoms. The highest BCUT2D eigenvalue weighted by atomic mass is 32.2. The van der Waals surface area contributed by atoms with Crippen molar-refractivity contribution in [3.8, 4) is 5.75 Å². The van der Waals surface area contributed by atoms with Crippen molar-refractivity contribution in [1.29, 1.82) is 0 Å². The SMILES string of the molecule is COc1cc(N)ccc1S(=O)(=O)N(CCO)CC(F)F. The third-order valence-corrected chi connectivity index (χ3v) is 4.40. The number of benzene rings is 1. The average Bonchev–Trinajstić information content (AvgIpc) is 2.37.